The molecule has 0 aliphatic rings. The summed E-state index contributed by atoms with van der Waals surface area (Å²) in [7, 11) is 0. The molecule has 1 heterocycles. The van der Waals surface area contributed by atoms with Gasteiger partial charge in [0, 0.05) is 37.2 Å². The molecule has 138 valence electrons. The van der Waals surface area contributed by atoms with E-state index in [0.29, 0.717) is 18.8 Å². The number of amides is 1. The van der Waals surface area contributed by atoms with Gasteiger partial charge in [-0.1, -0.05) is 48.5 Å². The van der Waals surface area contributed by atoms with Gasteiger partial charge in [-0.05, 0) is 43.7 Å². The second kappa shape index (κ2) is 8.99. The van der Waals surface area contributed by atoms with Crippen molar-refractivity contribution in [2.24, 2.45) is 0 Å². The first-order chi connectivity index (χ1) is 13.2. The molecule has 2 aromatic carbocycles. The molecule has 0 aliphatic heterocycles. The molecule has 0 saturated heterocycles. The van der Waals surface area contributed by atoms with Gasteiger partial charge in [0.25, 0.3) is 5.91 Å². The van der Waals surface area contributed by atoms with Crippen molar-refractivity contribution in [2.45, 2.75) is 20.4 Å². The Morgan fingerprint density at radius 3 is 2.15 bits per heavy atom. The number of aromatic nitrogens is 1. The highest BCUT2D eigenvalue weighted by molar-refractivity contribution is 5.93. The summed E-state index contributed by atoms with van der Waals surface area (Å²) < 4.78 is 0. The van der Waals surface area contributed by atoms with E-state index in [1.165, 1.54) is 0 Å². The third-order valence-electron chi connectivity index (χ3n) is 4.54. The first-order valence-electron chi connectivity index (χ1n) is 9.34. The lowest BCUT2D eigenvalue weighted by Gasteiger charge is -2.25. The van der Waals surface area contributed by atoms with Crippen LogP contribution in [0.2, 0.25) is 0 Å². The third kappa shape index (κ3) is 4.53. The van der Waals surface area contributed by atoms with Crippen LogP contribution in [0.25, 0.3) is 0 Å². The molecule has 3 rings (SSSR count). The number of para-hydroxylation sites is 1. The molecule has 0 atom stereocenters. The number of benzene rings is 2. The Kier molecular flexibility index (Phi) is 6.21. The summed E-state index contributed by atoms with van der Waals surface area (Å²) in [4.78, 5) is 21.4. The van der Waals surface area contributed by atoms with Crippen molar-refractivity contribution < 1.29 is 4.79 Å². The third-order valence-corrected chi connectivity index (χ3v) is 4.54. The number of anilines is 2. The molecule has 0 spiro atoms. The van der Waals surface area contributed by atoms with Gasteiger partial charge < -0.3 is 9.80 Å². The van der Waals surface area contributed by atoms with Crippen molar-refractivity contribution in [1.29, 1.82) is 0 Å². The van der Waals surface area contributed by atoms with Gasteiger partial charge in [-0.2, -0.15) is 0 Å². The fraction of sp³-hybridized carbons (Fsp3) is 0.217. The van der Waals surface area contributed by atoms with E-state index in [2.05, 4.69) is 28.9 Å². The molecule has 0 fully saturated rings. The van der Waals surface area contributed by atoms with E-state index in [1.807, 2.05) is 72.5 Å². The van der Waals surface area contributed by atoms with E-state index in [9.17, 15) is 4.79 Å². The molecule has 0 unspecified atom stereocenters. The van der Waals surface area contributed by atoms with E-state index in [4.69, 9.17) is 0 Å². The highest BCUT2D eigenvalue weighted by atomic mass is 16.2. The monoisotopic (exact) mass is 359 g/mol. The Morgan fingerprint density at radius 2 is 1.52 bits per heavy atom. The lowest BCUT2D eigenvalue weighted by Crippen LogP contribution is -2.31. The number of hydrogen-bond donors (Lipinski definition) is 0. The zero-order valence-electron chi connectivity index (χ0n) is 15.9. The molecule has 0 saturated carbocycles. The maximum atomic E-state index is 13.0. The summed E-state index contributed by atoms with van der Waals surface area (Å²) in [5.41, 5.74) is 3.65. The average molecular weight is 359 g/mol. The second-order valence-electron chi connectivity index (χ2n) is 6.28. The number of carbonyl (C=O) groups excluding carboxylic acids is 1. The molecular weight excluding hydrogens is 334 g/mol. The number of hydrogen-bond acceptors (Lipinski definition) is 3. The van der Waals surface area contributed by atoms with Crippen LogP contribution in [0.4, 0.5) is 11.4 Å². The molecule has 0 N–H and O–H groups in total. The Bertz CT molecular complexity index is 865. The van der Waals surface area contributed by atoms with E-state index in [0.717, 1.165) is 23.5 Å². The van der Waals surface area contributed by atoms with Crippen LogP contribution >= 0.6 is 0 Å². The van der Waals surface area contributed by atoms with Gasteiger partial charge in [0.05, 0.1) is 0 Å². The molecule has 1 aromatic heterocycles. The van der Waals surface area contributed by atoms with Gasteiger partial charge in [0.15, 0.2) is 0 Å². The van der Waals surface area contributed by atoms with E-state index in [1.54, 1.807) is 6.20 Å². The predicted octanol–water partition coefficient (Wildman–Crippen LogP) is 4.90. The lowest BCUT2D eigenvalue weighted by molar-refractivity contribution is 0.0746. The van der Waals surface area contributed by atoms with E-state index >= 15 is 0 Å². The topological polar surface area (TPSA) is 36.4 Å². The Labute approximate surface area is 161 Å². The minimum Gasteiger partial charge on any atom is -0.342 e. The summed E-state index contributed by atoms with van der Waals surface area (Å²) >= 11 is 0. The zero-order chi connectivity index (χ0) is 19.1. The second-order valence-corrected chi connectivity index (χ2v) is 6.28. The van der Waals surface area contributed by atoms with Gasteiger partial charge in [-0.3, -0.25) is 9.78 Å². The van der Waals surface area contributed by atoms with Crippen LogP contribution in [0.15, 0.2) is 79.0 Å². The largest absolute Gasteiger partial charge is 0.342 e. The van der Waals surface area contributed by atoms with Crippen molar-refractivity contribution >= 4 is 17.3 Å². The number of pyridine rings is 1. The first-order valence-corrected chi connectivity index (χ1v) is 9.34. The standard InChI is InChI=1S/C23H25N3O/c1-3-25(18-19-11-7-5-8-12-19)23(27)22-17-21(15-16-24-22)26(4-2)20-13-9-6-10-14-20/h5-17H,3-4,18H2,1-2H3. The molecule has 4 heteroatoms. The molecule has 4 nitrogen and oxygen atoms in total. The van der Waals surface area contributed by atoms with Gasteiger partial charge in [-0.25, -0.2) is 0 Å². The smallest absolute Gasteiger partial charge is 0.272 e. The highest BCUT2D eigenvalue weighted by Gasteiger charge is 2.17. The molecule has 3 aromatic rings. The average Bonchev–Trinajstić information content (AvgIpc) is 2.74. The maximum Gasteiger partial charge on any atom is 0.272 e. The van der Waals surface area contributed by atoms with Gasteiger partial charge >= 0.3 is 0 Å². The fourth-order valence-electron chi connectivity index (χ4n) is 3.12. The quantitative estimate of drug-likeness (QED) is 0.602. The summed E-state index contributed by atoms with van der Waals surface area (Å²) in [5.74, 6) is -0.0488. The lowest BCUT2D eigenvalue weighted by atomic mass is 10.2. The van der Waals surface area contributed by atoms with Crippen LogP contribution < -0.4 is 4.90 Å². The van der Waals surface area contributed by atoms with Gasteiger partial charge in [-0.15, -0.1) is 0 Å². The zero-order valence-corrected chi connectivity index (χ0v) is 15.9. The van der Waals surface area contributed by atoms with Gasteiger partial charge in [0.1, 0.15) is 5.69 Å². The SMILES string of the molecule is CCN(Cc1ccccc1)C(=O)c1cc(N(CC)c2ccccc2)ccn1. The van der Waals surface area contributed by atoms with Gasteiger partial charge in [0.2, 0.25) is 0 Å². The number of rotatable bonds is 7. The van der Waals surface area contributed by atoms with Crippen molar-refractivity contribution in [3.8, 4) is 0 Å². The normalized spacial score (nSPS) is 10.4. The maximum absolute atomic E-state index is 13.0. The first kappa shape index (κ1) is 18.6. The van der Waals surface area contributed by atoms with E-state index < -0.39 is 0 Å². The number of carbonyl (C=O) groups is 1. The summed E-state index contributed by atoms with van der Waals surface area (Å²) in [6.07, 6.45) is 1.71. The minimum atomic E-state index is -0.0488. The van der Waals surface area contributed by atoms with Crippen molar-refractivity contribution in [3.63, 3.8) is 0 Å². The molecule has 0 aliphatic carbocycles. The Hall–Kier alpha value is -3.14. The molecule has 1 amide bonds. The van der Waals surface area contributed by atoms with Crippen LogP contribution in [0.5, 0.6) is 0 Å². The Morgan fingerprint density at radius 1 is 0.852 bits per heavy atom. The van der Waals surface area contributed by atoms with Crippen LogP contribution in [-0.2, 0) is 6.54 Å². The highest BCUT2D eigenvalue weighted by Crippen LogP contribution is 2.25. The summed E-state index contributed by atoms with van der Waals surface area (Å²) in [6, 6.07) is 24.0. The Balaban J connectivity index is 1.84. The van der Waals surface area contributed by atoms with Crippen LogP contribution in [0, 0.1) is 0 Å². The molecular formula is C23H25N3O. The molecule has 0 radical (unpaired) electrons. The van der Waals surface area contributed by atoms with Crippen molar-refractivity contribution in [2.75, 3.05) is 18.0 Å². The summed E-state index contributed by atoms with van der Waals surface area (Å²) in [6.45, 7) is 6.12. The minimum absolute atomic E-state index is 0.0488. The van der Waals surface area contributed by atoms with Crippen LogP contribution in [0.1, 0.15) is 29.9 Å². The van der Waals surface area contributed by atoms with Crippen molar-refractivity contribution in [1.82, 2.24) is 9.88 Å². The van der Waals surface area contributed by atoms with Crippen LogP contribution in [-0.4, -0.2) is 28.9 Å². The molecule has 0 bridgehead atoms. The molecule has 27 heavy (non-hydrogen) atoms. The fourth-order valence-corrected chi connectivity index (χ4v) is 3.12. The van der Waals surface area contributed by atoms with Crippen molar-refractivity contribution in [3.05, 3.63) is 90.3 Å². The van der Waals surface area contributed by atoms with E-state index in [-0.39, 0.29) is 5.91 Å². The number of nitrogens with zero attached hydrogens (tertiary/aromatic N) is 3. The predicted molar refractivity (Wildman–Crippen MR) is 110 cm³/mol. The van der Waals surface area contributed by atoms with Crippen LogP contribution in [0.3, 0.4) is 0 Å². The summed E-state index contributed by atoms with van der Waals surface area (Å²) in [5, 5.41) is 0.